The molecular formula is C17H19N3O. The topological polar surface area (TPSA) is 61.9 Å². The molecule has 0 aromatic heterocycles. The molecule has 0 amide bonds. The van der Waals surface area contributed by atoms with Crippen LogP contribution in [0, 0.1) is 0 Å². The van der Waals surface area contributed by atoms with Crippen LogP contribution in [0.15, 0.2) is 53.7 Å². The van der Waals surface area contributed by atoms with Gasteiger partial charge in [-0.25, -0.2) is 0 Å². The van der Waals surface area contributed by atoms with Crippen LogP contribution in [-0.2, 0) is 12.8 Å². The minimum absolute atomic E-state index is 0.143. The molecule has 21 heavy (non-hydrogen) atoms. The fourth-order valence-corrected chi connectivity index (χ4v) is 2.83. The predicted octanol–water partition coefficient (Wildman–Crippen LogP) is 2.39. The summed E-state index contributed by atoms with van der Waals surface area (Å²) in [5.74, 6) is 0.143. The maximum Gasteiger partial charge on any atom is 0.170 e. The van der Waals surface area contributed by atoms with E-state index in [-0.39, 0.29) is 5.84 Å². The molecule has 0 radical (unpaired) electrons. The molecule has 3 N–H and O–H groups in total. The summed E-state index contributed by atoms with van der Waals surface area (Å²) < 4.78 is 0. The van der Waals surface area contributed by atoms with Crippen molar-refractivity contribution in [3.63, 3.8) is 0 Å². The summed E-state index contributed by atoms with van der Waals surface area (Å²) >= 11 is 0. The van der Waals surface area contributed by atoms with Gasteiger partial charge in [-0.2, -0.15) is 0 Å². The van der Waals surface area contributed by atoms with Crippen LogP contribution in [0.1, 0.15) is 16.7 Å². The first kappa shape index (κ1) is 13.5. The predicted molar refractivity (Wildman–Crippen MR) is 85.0 cm³/mol. The Morgan fingerprint density at radius 1 is 0.952 bits per heavy atom. The number of anilines is 1. The summed E-state index contributed by atoms with van der Waals surface area (Å²) in [5, 5.41) is 11.7. The van der Waals surface area contributed by atoms with Crippen LogP contribution in [0.25, 0.3) is 0 Å². The molecule has 0 saturated heterocycles. The van der Waals surface area contributed by atoms with E-state index in [0.717, 1.165) is 31.5 Å². The van der Waals surface area contributed by atoms with Crippen molar-refractivity contribution >= 4 is 11.5 Å². The SMILES string of the molecule is NC(=NO)c1ccc(N2CCc3ccccc3CC2)cc1. The van der Waals surface area contributed by atoms with Gasteiger partial charge >= 0.3 is 0 Å². The van der Waals surface area contributed by atoms with Gasteiger partial charge in [0.25, 0.3) is 0 Å². The molecule has 0 atom stereocenters. The summed E-state index contributed by atoms with van der Waals surface area (Å²) in [6, 6.07) is 16.5. The zero-order valence-electron chi connectivity index (χ0n) is 11.9. The van der Waals surface area contributed by atoms with Crippen LogP contribution in [0.5, 0.6) is 0 Å². The van der Waals surface area contributed by atoms with Crippen LogP contribution in [0.4, 0.5) is 5.69 Å². The van der Waals surface area contributed by atoms with Gasteiger partial charge in [-0.1, -0.05) is 29.4 Å². The zero-order chi connectivity index (χ0) is 14.7. The molecule has 1 heterocycles. The van der Waals surface area contributed by atoms with Gasteiger partial charge in [-0.3, -0.25) is 0 Å². The third-order valence-corrected chi connectivity index (χ3v) is 4.06. The molecule has 0 bridgehead atoms. The summed E-state index contributed by atoms with van der Waals surface area (Å²) in [4.78, 5) is 2.38. The van der Waals surface area contributed by atoms with Gasteiger partial charge in [-0.05, 0) is 48.2 Å². The molecule has 108 valence electrons. The summed E-state index contributed by atoms with van der Waals surface area (Å²) in [6.45, 7) is 2.03. The van der Waals surface area contributed by atoms with E-state index in [0.29, 0.717) is 0 Å². The smallest absolute Gasteiger partial charge is 0.170 e. The average Bonchev–Trinajstić information content (AvgIpc) is 2.77. The Balaban J connectivity index is 1.77. The Morgan fingerprint density at radius 2 is 1.52 bits per heavy atom. The van der Waals surface area contributed by atoms with Gasteiger partial charge < -0.3 is 15.8 Å². The van der Waals surface area contributed by atoms with Gasteiger partial charge in [0.05, 0.1) is 0 Å². The summed E-state index contributed by atoms with van der Waals surface area (Å²) in [6.07, 6.45) is 2.14. The standard InChI is InChI=1S/C17H19N3O/c18-17(19-21)15-5-7-16(8-6-15)20-11-9-13-3-1-2-4-14(13)10-12-20/h1-8,21H,9-12H2,(H2,18,19). The van der Waals surface area contributed by atoms with E-state index in [1.807, 2.05) is 24.3 Å². The second-order valence-corrected chi connectivity index (χ2v) is 5.29. The Morgan fingerprint density at radius 3 is 2.05 bits per heavy atom. The molecular weight excluding hydrogens is 262 g/mol. The number of hydrogen-bond acceptors (Lipinski definition) is 3. The van der Waals surface area contributed by atoms with Crippen LogP contribution in [0.2, 0.25) is 0 Å². The zero-order valence-corrected chi connectivity index (χ0v) is 11.9. The van der Waals surface area contributed by atoms with E-state index in [1.54, 1.807) is 0 Å². The van der Waals surface area contributed by atoms with E-state index in [1.165, 1.54) is 16.8 Å². The van der Waals surface area contributed by atoms with E-state index < -0.39 is 0 Å². The number of fused-ring (bicyclic) bond motifs is 1. The Labute approximate surface area is 124 Å². The highest BCUT2D eigenvalue weighted by Crippen LogP contribution is 2.21. The number of rotatable bonds is 2. The largest absolute Gasteiger partial charge is 0.409 e. The van der Waals surface area contributed by atoms with Gasteiger partial charge in [0.2, 0.25) is 0 Å². The number of hydrogen-bond donors (Lipinski definition) is 2. The Bertz CT molecular complexity index is 622. The number of nitrogens with zero attached hydrogens (tertiary/aromatic N) is 2. The first-order valence-corrected chi connectivity index (χ1v) is 7.17. The van der Waals surface area contributed by atoms with Crippen LogP contribution in [0.3, 0.4) is 0 Å². The first-order chi connectivity index (χ1) is 10.3. The lowest BCUT2D eigenvalue weighted by atomic mass is 10.0. The van der Waals surface area contributed by atoms with Crippen molar-refractivity contribution in [2.24, 2.45) is 10.9 Å². The highest BCUT2D eigenvalue weighted by atomic mass is 16.4. The lowest BCUT2D eigenvalue weighted by molar-refractivity contribution is 0.318. The highest BCUT2D eigenvalue weighted by molar-refractivity contribution is 5.97. The molecule has 1 aliphatic heterocycles. The molecule has 0 fully saturated rings. The van der Waals surface area contributed by atoms with Crippen LogP contribution in [-0.4, -0.2) is 24.1 Å². The molecule has 1 aliphatic rings. The third-order valence-electron chi connectivity index (χ3n) is 4.06. The normalized spacial score (nSPS) is 15.4. The monoisotopic (exact) mass is 281 g/mol. The molecule has 2 aromatic rings. The van der Waals surface area contributed by atoms with E-state index in [2.05, 4.69) is 34.3 Å². The van der Waals surface area contributed by atoms with Gasteiger partial charge in [0, 0.05) is 24.3 Å². The van der Waals surface area contributed by atoms with Crippen LogP contribution < -0.4 is 10.6 Å². The van der Waals surface area contributed by atoms with E-state index in [9.17, 15) is 0 Å². The van der Waals surface area contributed by atoms with Gasteiger partial charge in [0.1, 0.15) is 0 Å². The lowest BCUT2D eigenvalue weighted by Crippen LogP contribution is -2.26. The molecule has 4 heteroatoms. The van der Waals surface area contributed by atoms with Crippen molar-refractivity contribution in [2.45, 2.75) is 12.8 Å². The summed E-state index contributed by atoms with van der Waals surface area (Å²) in [5.41, 5.74) is 10.4. The van der Waals surface area contributed by atoms with Gasteiger partial charge in [-0.15, -0.1) is 0 Å². The quantitative estimate of drug-likeness (QED) is 0.384. The number of amidine groups is 1. The maximum atomic E-state index is 8.70. The third kappa shape index (κ3) is 2.84. The maximum absolute atomic E-state index is 8.70. The number of benzene rings is 2. The van der Waals surface area contributed by atoms with Gasteiger partial charge in [0.15, 0.2) is 5.84 Å². The van der Waals surface area contributed by atoms with Crippen molar-refractivity contribution in [1.29, 1.82) is 0 Å². The first-order valence-electron chi connectivity index (χ1n) is 7.17. The van der Waals surface area contributed by atoms with E-state index >= 15 is 0 Å². The second-order valence-electron chi connectivity index (χ2n) is 5.29. The fraction of sp³-hybridized carbons (Fsp3) is 0.235. The van der Waals surface area contributed by atoms with Crippen LogP contribution >= 0.6 is 0 Å². The lowest BCUT2D eigenvalue weighted by Gasteiger charge is -2.22. The molecule has 0 aliphatic carbocycles. The summed E-state index contributed by atoms with van der Waals surface area (Å²) in [7, 11) is 0. The van der Waals surface area contributed by atoms with Crippen molar-refractivity contribution in [2.75, 3.05) is 18.0 Å². The Kier molecular flexibility index (Phi) is 3.77. The van der Waals surface area contributed by atoms with E-state index in [4.69, 9.17) is 10.9 Å². The number of oxime groups is 1. The van der Waals surface area contributed by atoms with Crippen molar-refractivity contribution in [3.8, 4) is 0 Å². The molecule has 0 spiro atoms. The Hall–Kier alpha value is -2.49. The van der Waals surface area contributed by atoms with Crippen molar-refractivity contribution in [3.05, 3.63) is 65.2 Å². The number of nitrogens with two attached hydrogens (primary N) is 1. The van der Waals surface area contributed by atoms with Crippen molar-refractivity contribution < 1.29 is 5.21 Å². The molecule has 0 saturated carbocycles. The van der Waals surface area contributed by atoms with Crippen molar-refractivity contribution in [1.82, 2.24) is 0 Å². The fourth-order valence-electron chi connectivity index (χ4n) is 2.83. The minimum Gasteiger partial charge on any atom is -0.409 e. The molecule has 3 rings (SSSR count). The molecule has 2 aromatic carbocycles. The molecule has 0 unspecified atom stereocenters. The average molecular weight is 281 g/mol. The highest BCUT2D eigenvalue weighted by Gasteiger charge is 2.14. The minimum atomic E-state index is 0.143. The molecule has 4 nitrogen and oxygen atoms in total. The second kappa shape index (κ2) is 5.87.